The number of fused-ring (bicyclic) bond motifs is 1. The van der Waals surface area contributed by atoms with Gasteiger partial charge in [-0.25, -0.2) is 0 Å². The predicted octanol–water partition coefficient (Wildman–Crippen LogP) is 4.15. The van der Waals surface area contributed by atoms with Crippen LogP contribution in [0.2, 0.25) is 5.02 Å². The van der Waals surface area contributed by atoms with Gasteiger partial charge in [0, 0.05) is 6.54 Å². The van der Waals surface area contributed by atoms with Gasteiger partial charge in [-0.05, 0) is 44.2 Å². The Hall–Kier alpha value is -2.68. The molecule has 2 bridgehead atoms. The number of anilines is 1. The van der Waals surface area contributed by atoms with Crippen molar-refractivity contribution >= 4 is 35.1 Å². The number of carbonyl (C=O) groups excluding carboxylic acids is 3. The van der Waals surface area contributed by atoms with Gasteiger partial charge >= 0.3 is 5.97 Å². The van der Waals surface area contributed by atoms with Crippen molar-refractivity contribution < 1.29 is 29.0 Å². The lowest BCUT2D eigenvalue weighted by atomic mass is 9.66. The number of aliphatic hydroxyl groups excluding tert-OH is 1. The van der Waals surface area contributed by atoms with E-state index in [0.717, 1.165) is 0 Å². The standard InChI is InChI=1S/C30H39ClN2O6/c1-6-9-17-38-28(37)24-23-26(35)33(22(18-34)19(4)8-3)25(30(23)15-14-29(24,5)39-30)27(36)32(16-7-2)21-13-11-10-12-20(21)31/h6-7,10-13,19,22-25,34H,1-2,8-9,14-18H2,3-5H3/t19-,22-,23-,24+,25?,29-,30?/m0/s1. The van der Waals surface area contributed by atoms with E-state index in [1.807, 2.05) is 20.8 Å². The number of hydrogen-bond donors (Lipinski definition) is 1. The zero-order chi connectivity index (χ0) is 28.5. The lowest BCUT2D eigenvalue weighted by Crippen LogP contribution is -2.60. The molecule has 3 aliphatic heterocycles. The summed E-state index contributed by atoms with van der Waals surface area (Å²) in [6.45, 7) is 13.2. The fourth-order valence-corrected chi connectivity index (χ4v) is 7.00. The van der Waals surface area contributed by atoms with E-state index in [0.29, 0.717) is 36.4 Å². The van der Waals surface area contributed by atoms with Gasteiger partial charge in [-0.15, -0.1) is 13.2 Å². The Morgan fingerprint density at radius 3 is 2.64 bits per heavy atom. The first-order valence-electron chi connectivity index (χ1n) is 13.7. The number of hydrogen-bond acceptors (Lipinski definition) is 6. The third-order valence-electron chi connectivity index (χ3n) is 8.83. The SMILES string of the molecule is C=CCCOC(=O)[C@H]1[C@H]2C(=O)N([C@@H](CO)[C@@H](C)CC)C(C(=O)N(CC=C)c3ccccc3Cl)C23CC[C@]1(C)O3. The average molecular weight is 559 g/mol. The minimum atomic E-state index is -1.24. The Bertz CT molecular complexity index is 1140. The molecular formula is C30H39ClN2O6. The van der Waals surface area contributed by atoms with Gasteiger partial charge in [-0.3, -0.25) is 14.4 Å². The molecule has 1 aromatic rings. The van der Waals surface area contributed by atoms with E-state index >= 15 is 0 Å². The van der Waals surface area contributed by atoms with E-state index in [9.17, 15) is 19.5 Å². The topological polar surface area (TPSA) is 96.4 Å². The Morgan fingerprint density at radius 1 is 1.31 bits per heavy atom. The van der Waals surface area contributed by atoms with Crippen LogP contribution >= 0.6 is 11.6 Å². The second-order valence-corrected chi connectivity index (χ2v) is 11.4. The van der Waals surface area contributed by atoms with Crippen LogP contribution in [0.1, 0.15) is 46.5 Å². The quantitative estimate of drug-likeness (QED) is 0.235. The monoisotopic (exact) mass is 558 g/mol. The van der Waals surface area contributed by atoms with Gasteiger partial charge in [0.25, 0.3) is 5.91 Å². The highest BCUT2D eigenvalue weighted by molar-refractivity contribution is 6.34. The smallest absolute Gasteiger partial charge is 0.312 e. The molecule has 8 nitrogen and oxygen atoms in total. The summed E-state index contributed by atoms with van der Waals surface area (Å²) in [4.78, 5) is 45.4. The van der Waals surface area contributed by atoms with Gasteiger partial charge in [0.15, 0.2) is 0 Å². The van der Waals surface area contributed by atoms with Crippen molar-refractivity contribution in [3.8, 4) is 0 Å². The lowest BCUT2D eigenvalue weighted by Gasteiger charge is -2.41. The maximum atomic E-state index is 14.6. The minimum Gasteiger partial charge on any atom is -0.465 e. The second-order valence-electron chi connectivity index (χ2n) is 11.0. The first kappa shape index (κ1) is 29.3. The van der Waals surface area contributed by atoms with Crippen LogP contribution in [0.15, 0.2) is 49.6 Å². The van der Waals surface area contributed by atoms with Crippen molar-refractivity contribution in [1.82, 2.24) is 4.90 Å². The Labute approximate surface area is 235 Å². The number of esters is 1. The van der Waals surface area contributed by atoms with Crippen molar-refractivity contribution in [1.29, 1.82) is 0 Å². The van der Waals surface area contributed by atoms with Crippen LogP contribution in [0.25, 0.3) is 0 Å². The number of carbonyl (C=O) groups is 3. The number of rotatable bonds is 12. The molecule has 1 spiro atoms. The van der Waals surface area contributed by atoms with E-state index in [2.05, 4.69) is 13.2 Å². The molecule has 0 aliphatic carbocycles. The van der Waals surface area contributed by atoms with Gasteiger partial charge in [0.05, 0.1) is 41.5 Å². The number of ether oxygens (including phenoxy) is 2. The first-order valence-corrected chi connectivity index (χ1v) is 14.1. The maximum absolute atomic E-state index is 14.6. The molecule has 3 aliphatic rings. The van der Waals surface area contributed by atoms with E-state index in [-0.39, 0.29) is 37.5 Å². The fourth-order valence-electron chi connectivity index (χ4n) is 6.76. The molecule has 212 valence electrons. The highest BCUT2D eigenvalue weighted by atomic mass is 35.5. The van der Waals surface area contributed by atoms with Gasteiger partial charge < -0.3 is 24.4 Å². The van der Waals surface area contributed by atoms with Crippen molar-refractivity contribution in [2.24, 2.45) is 17.8 Å². The minimum absolute atomic E-state index is 0.108. The number of aliphatic hydroxyl groups is 1. The third kappa shape index (κ3) is 4.70. The summed E-state index contributed by atoms with van der Waals surface area (Å²) in [5, 5.41) is 10.9. The normalized spacial score (nSPS) is 30.5. The van der Waals surface area contributed by atoms with Crippen LogP contribution in [-0.2, 0) is 23.9 Å². The molecule has 7 atom stereocenters. The van der Waals surface area contributed by atoms with E-state index < -0.39 is 41.1 Å². The molecular weight excluding hydrogens is 520 g/mol. The number of likely N-dealkylation sites (tertiary alicyclic amines) is 1. The summed E-state index contributed by atoms with van der Waals surface area (Å²) in [7, 11) is 0. The molecule has 3 saturated heterocycles. The molecule has 39 heavy (non-hydrogen) atoms. The number of nitrogens with zero attached hydrogens (tertiary/aromatic N) is 2. The fraction of sp³-hybridized carbons (Fsp3) is 0.567. The third-order valence-corrected chi connectivity index (χ3v) is 9.15. The molecule has 0 saturated carbocycles. The van der Waals surface area contributed by atoms with Gasteiger partial charge in [-0.2, -0.15) is 0 Å². The number of para-hydroxylation sites is 1. The molecule has 0 radical (unpaired) electrons. The van der Waals surface area contributed by atoms with E-state index in [1.165, 1.54) is 9.80 Å². The van der Waals surface area contributed by atoms with Crippen molar-refractivity contribution in [3.63, 3.8) is 0 Å². The van der Waals surface area contributed by atoms with Crippen LogP contribution in [0.3, 0.4) is 0 Å². The molecule has 2 amide bonds. The Morgan fingerprint density at radius 2 is 2.03 bits per heavy atom. The zero-order valence-corrected chi connectivity index (χ0v) is 23.7. The van der Waals surface area contributed by atoms with Crippen LogP contribution in [0.5, 0.6) is 0 Å². The lowest BCUT2D eigenvalue weighted by molar-refractivity contribution is -0.160. The van der Waals surface area contributed by atoms with Crippen molar-refractivity contribution in [2.45, 2.75) is 69.7 Å². The van der Waals surface area contributed by atoms with E-state index in [1.54, 1.807) is 36.4 Å². The highest BCUT2D eigenvalue weighted by Crippen LogP contribution is 2.64. The summed E-state index contributed by atoms with van der Waals surface area (Å²) >= 11 is 6.52. The summed E-state index contributed by atoms with van der Waals surface area (Å²) in [5.74, 6) is -3.14. The summed E-state index contributed by atoms with van der Waals surface area (Å²) in [6.07, 6.45) is 5.35. The number of halogens is 1. The van der Waals surface area contributed by atoms with Crippen LogP contribution < -0.4 is 4.90 Å². The first-order chi connectivity index (χ1) is 18.6. The summed E-state index contributed by atoms with van der Waals surface area (Å²) < 4.78 is 12.2. The molecule has 4 rings (SSSR count). The van der Waals surface area contributed by atoms with Crippen LogP contribution in [0.4, 0.5) is 5.69 Å². The average Bonchev–Trinajstić information content (AvgIpc) is 3.49. The number of amides is 2. The second kappa shape index (κ2) is 11.4. The van der Waals surface area contributed by atoms with E-state index in [4.69, 9.17) is 21.1 Å². The molecule has 1 N–H and O–H groups in total. The predicted molar refractivity (Wildman–Crippen MR) is 149 cm³/mol. The largest absolute Gasteiger partial charge is 0.465 e. The number of benzene rings is 1. The molecule has 0 aromatic heterocycles. The van der Waals surface area contributed by atoms with Gasteiger partial charge in [-0.1, -0.05) is 56.2 Å². The molecule has 9 heteroatoms. The maximum Gasteiger partial charge on any atom is 0.312 e. The highest BCUT2D eigenvalue weighted by Gasteiger charge is 2.79. The Balaban J connectivity index is 1.85. The summed E-state index contributed by atoms with van der Waals surface area (Å²) in [5.41, 5.74) is -1.71. The molecule has 3 heterocycles. The Kier molecular flexibility index (Phi) is 8.59. The molecule has 3 fully saturated rings. The summed E-state index contributed by atoms with van der Waals surface area (Å²) in [6, 6.07) is 5.30. The van der Waals surface area contributed by atoms with Crippen LogP contribution in [-0.4, -0.2) is 70.8 Å². The zero-order valence-electron chi connectivity index (χ0n) is 23.0. The van der Waals surface area contributed by atoms with Gasteiger partial charge in [0.2, 0.25) is 5.91 Å². The van der Waals surface area contributed by atoms with Crippen molar-refractivity contribution in [3.05, 3.63) is 54.6 Å². The molecule has 1 aromatic carbocycles. The van der Waals surface area contributed by atoms with Crippen LogP contribution in [0, 0.1) is 17.8 Å². The molecule has 2 unspecified atom stereocenters. The van der Waals surface area contributed by atoms with Crippen molar-refractivity contribution in [2.75, 3.05) is 24.7 Å². The van der Waals surface area contributed by atoms with Gasteiger partial charge in [0.1, 0.15) is 17.6 Å².